The van der Waals surface area contributed by atoms with Gasteiger partial charge >= 0.3 is 6.09 Å². The number of carbonyl (C=O) groups is 2. The predicted octanol–water partition coefficient (Wildman–Crippen LogP) is 5.80. The zero-order valence-corrected chi connectivity index (χ0v) is 27.2. The van der Waals surface area contributed by atoms with Gasteiger partial charge in [0.15, 0.2) is 0 Å². The van der Waals surface area contributed by atoms with E-state index in [1.807, 2.05) is 4.90 Å². The van der Waals surface area contributed by atoms with E-state index < -0.39 is 35.0 Å². The Bertz CT molecular complexity index is 1450. The number of nitrogens with one attached hydrogen (secondary N) is 1. The number of fused-ring (bicyclic) bond motifs is 1. The summed E-state index contributed by atoms with van der Waals surface area (Å²) in [5, 5.41) is 24.6. The molecule has 0 bridgehead atoms. The van der Waals surface area contributed by atoms with Crippen molar-refractivity contribution in [2.45, 2.75) is 70.6 Å². The maximum atomic E-state index is 13.9. The van der Waals surface area contributed by atoms with Gasteiger partial charge in [-0.2, -0.15) is 0 Å². The van der Waals surface area contributed by atoms with E-state index in [1.165, 1.54) is 41.4 Å². The Morgan fingerprint density at radius 3 is 2.40 bits per heavy atom. The number of aliphatic hydroxyl groups is 2. The smallest absolute Gasteiger partial charge is 0.412 e. The van der Waals surface area contributed by atoms with Gasteiger partial charge in [-0.15, -0.1) is 0 Å². The van der Waals surface area contributed by atoms with Crippen molar-refractivity contribution < 1.29 is 33.3 Å². The van der Waals surface area contributed by atoms with E-state index in [9.17, 15) is 28.6 Å². The standard InChI is InChI=1S/C33H43ClF2N4O5/c1-32(2,43)20-40(21-33(3,4)44)15-7-9-26(39(5)29(41)14-12-22-8-6-10-27(36)30(22)34)19-45-31(42)38-28-17-24-16-25(35)13-11-23(24)18-37-28/h6,8,10-11,13,16-18,26,43-44H,7,9,12,14-15,19-21H2,1-5H3,(H,37,38,42)/t26-/m0/s1. The molecule has 1 atom stereocenters. The molecule has 246 valence electrons. The third kappa shape index (κ3) is 12.1. The summed E-state index contributed by atoms with van der Waals surface area (Å²) in [6.45, 7) is 7.80. The third-order valence-electron chi connectivity index (χ3n) is 7.13. The molecule has 0 radical (unpaired) electrons. The number of pyridine rings is 1. The number of aromatic nitrogens is 1. The monoisotopic (exact) mass is 648 g/mol. The van der Waals surface area contributed by atoms with Crippen LogP contribution in [-0.2, 0) is 16.0 Å². The van der Waals surface area contributed by atoms with Gasteiger partial charge in [0.2, 0.25) is 5.91 Å². The SMILES string of the molecule is CN(C(=O)CCc1cccc(F)c1Cl)[C@@H](CCCN(CC(C)(C)O)CC(C)(C)O)COC(=O)Nc1cc2cc(F)ccc2cn1. The number of amides is 2. The number of ether oxygens (including phenoxy) is 1. The number of hydrogen-bond donors (Lipinski definition) is 3. The number of rotatable bonds is 15. The predicted molar refractivity (Wildman–Crippen MR) is 171 cm³/mol. The molecule has 3 aromatic rings. The topological polar surface area (TPSA) is 115 Å². The van der Waals surface area contributed by atoms with Crippen molar-refractivity contribution in [3.8, 4) is 0 Å². The molecular formula is C33H43ClF2N4O5. The number of nitrogens with zero attached hydrogens (tertiary/aromatic N) is 3. The first-order valence-corrected chi connectivity index (χ1v) is 15.2. The van der Waals surface area contributed by atoms with Crippen LogP contribution in [0.1, 0.15) is 52.5 Å². The first-order valence-electron chi connectivity index (χ1n) is 14.9. The van der Waals surface area contributed by atoms with Gasteiger partial charge in [0.1, 0.15) is 24.1 Å². The molecule has 1 heterocycles. The molecular weight excluding hydrogens is 606 g/mol. The maximum Gasteiger partial charge on any atom is 0.412 e. The summed E-state index contributed by atoms with van der Waals surface area (Å²) in [6, 6.07) is 9.71. The number of aryl methyl sites for hydroxylation is 1. The van der Waals surface area contributed by atoms with Crippen LogP contribution in [-0.4, -0.2) is 87.5 Å². The van der Waals surface area contributed by atoms with Gasteiger partial charge in [-0.1, -0.05) is 23.7 Å². The van der Waals surface area contributed by atoms with Crippen molar-refractivity contribution in [1.82, 2.24) is 14.8 Å². The summed E-state index contributed by atoms with van der Waals surface area (Å²) in [6.07, 6.45) is 2.01. The molecule has 3 N–H and O–H groups in total. The van der Waals surface area contributed by atoms with Crippen LogP contribution in [0.2, 0.25) is 5.02 Å². The zero-order valence-electron chi connectivity index (χ0n) is 26.4. The van der Waals surface area contributed by atoms with Gasteiger partial charge < -0.3 is 19.8 Å². The third-order valence-corrected chi connectivity index (χ3v) is 7.56. The van der Waals surface area contributed by atoms with E-state index in [0.29, 0.717) is 48.8 Å². The van der Waals surface area contributed by atoms with E-state index in [-0.39, 0.29) is 36.2 Å². The number of hydrogen-bond acceptors (Lipinski definition) is 7. The summed E-state index contributed by atoms with van der Waals surface area (Å²) in [7, 11) is 1.62. The first-order chi connectivity index (χ1) is 21.0. The minimum absolute atomic E-state index is 0.0201. The summed E-state index contributed by atoms with van der Waals surface area (Å²) in [4.78, 5) is 33.6. The Labute approximate surface area is 268 Å². The molecule has 9 nitrogen and oxygen atoms in total. The van der Waals surface area contributed by atoms with E-state index in [4.69, 9.17) is 16.3 Å². The number of anilines is 1. The molecule has 0 spiro atoms. The summed E-state index contributed by atoms with van der Waals surface area (Å²) in [5.74, 6) is -1.03. The molecule has 0 aliphatic heterocycles. The van der Waals surface area contributed by atoms with Crippen LogP contribution in [0.4, 0.5) is 19.4 Å². The average molecular weight is 649 g/mol. The number of likely N-dealkylation sites (N-methyl/N-ethyl adjacent to an activating group) is 1. The van der Waals surface area contributed by atoms with Crippen LogP contribution in [0.5, 0.6) is 0 Å². The van der Waals surface area contributed by atoms with E-state index in [1.54, 1.807) is 46.9 Å². The van der Waals surface area contributed by atoms with Gasteiger partial charge in [0, 0.05) is 38.1 Å². The lowest BCUT2D eigenvalue weighted by atomic mass is 10.0. The van der Waals surface area contributed by atoms with Gasteiger partial charge in [-0.25, -0.2) is 18.6 Å². The van der Waals surface area contributed by atoms with Crippen LogP contribution in [0.15, 0.2) is 48.7 Å². The Hall–Kier alpha value is -3.38. The molecule has 45 heavy (non-hydrogen) atoms. The molecule has 0 saturated carbocycles. The van der Waals surface area contributed by atoms with Crippen LogP contribution in [0.25, 0.3) is 10.8 Å². The molecule has 1 aromatic heterocycles. The Morgan fingerprint density at radius 1 is 1.04 bits per heavy atom. The highest BCUT2D eigenvalue weighted by Gasteiger charge is 2.26. The number of carbonyl (C=O) groups excluding carboxylic acids is 2. The molecule has 2 amide bonds. The van der Waals surface area contributed by atoms with Crippen molar-refractivity contribution in [2.75, 3.05) is 38.6 Å². The fraction of sp³-hybridized carbons (Fsp3) is 0.485. The van der Waals surface area contributed by atoms with Gasteiger partial charge in [-0.3, -0.25) is 15.0 Å². The summed E-state index contributed by atoms with van der Waals surface area (Å²) < 4.78 is 33.1. The lowest BCUT2D eigenvalue weighted by Crippen LogP contribution is -2.46. The first kappa shape index (κ1) is 36.1. The van der Waals surface area contributed by atoms with Crippen molar-refractivity contribution in [3.63, 3.8) is 0 Å². The van der Waals surface area contributed by atoms with Crippen molar-refractivity contribution in [1.29, 1.82) is 0 Å². The fourth-order valence-corrected chi connectivity index (χ4v) is 5.32. The van der Waals surface area contributed by atoms with Crippen molar-refractivity contribution >= 4 is 40.2 Å². The van der Waals surface area contributed by atoms with Gasteiger partial charge in [0.05, 0.1) is 22.3 Å². The molecule has 0 aliphatic carbocycles. The highest BCUT2D eigenvalue weighted by Crippen LogP contribution is 2.22. The van der Waals surface area contributed by atoms with Gasteiger partial charge in [0.25, 0.3) is 0 Å². The second kappa shape index (κ2) is 15.8. The van der Waals surface area contributed by atoms with Crippen molar-refractivity contribution in [3.05, 3.63) is 70.9 Å². The second-order valence-electron chi connectivity index (χ2n) is 12.6. The van der Waals surface area contributed by atoms with E-state index in [2.05, 4.69) is 10.3 Å². The Kier molecular flexibility index (Phi) is 12.6. The normalized spacial score (nSPS) is 12.8. The van der Waals surface area contributed by atoms with Crippen LogP contribution in [0, 0.1) is 11.6 Å². The summed E-state index contributed by atoms with van der Waals surface area (Å²) in [5.41, 5.74) is -1.46. The fourth-order valence-electron chi connectivity index (χ4n) is 5.10. The highest BCUT2D eigenvalue weighted by atomic mass is 35.5. The van der Waals surface area contributed by atoms with Crippen LogP contribution < -0.4 is 5.32 Å². The van der Waals surface area contributed by atoms with E-state index >= 15 is 0 Å². The quantitative estimate of drug-likeness (QED) is 0.191. The molecule has 12 heteroatoms. The zero-order chi connectivity index (χ0) is 33.4. The van der Waals surface area contributed by atoms with Crippen LogP contribution in [0.3, 0.4) is 0 Å². The number of halogens is 3. The molecule has 0 saturated heterocycles. The lowest BCUT2D eigenvalue weighted by molar-refractivity contribution is -0.133. The minimum atomic E-state index is -0.987. The minimum Gasteiger partial charge on any atom is -0.447 e. The van der Waals surface area contributed by atoms with Crippen molar-refractivity contribution in [2.24, 2.45) is 0 Å². The lowest BCUT2D eigenvalue weighted by Gasteiger charge is -2.34. The van der Waals surface area contributed by atoms with Gasteiger partial charge in [-0.05, 0) is 94.8 Å². The molecule has 3 rings (SSSR count). The molecule has 0 aliphatic rings. The largest absolute Gasteiger partial charge is 0.447 e. The molecule has 0 fully saturated rings. The Balaban J connectivity index is 1.68. The van der Waals surface area contributed by atoms with Crippen LogP contribution >= 0.6 is 11.6 Å². The maximum absolute atomic E-state index is 13.9. The molecule has 2 aromatic carbocycles. The molecule has 0 unspecified atom stereocenters. The Morgan fingerprint density at radius 2 is 1.73 bits per heavy atom. The number of benzene rings is 2. The van der Waals surface area contributed by atoms with E-state index in [0.717, 1.165) is 0 Å². The highest BCUT2D eigenvalue weighted by molar-refractivity contribution is 6.31. The average Bonchev–Trinajstić information content (AvgIpc) is 2.93. The second-order valence-corrected chi connectivity index (χ2v) is 13.0. The summed E-state index contributed by atoms with van der Waals surface area (Å²) >= 11 is 6.07.